The summed E-state index contributed by atoms with van der Waals surface area (Å²) in [7, 11) is 1.65. The average molecular weight is 478 g/mol. The van der Waals surface area contributed by atoms with Gasteiger partial charge in [-0.3, -0.25) is 4.90 Å². The quantitative estimate of drug-likeness (QED) is 0.474. The summed E-state index contributed by atoms with van der Waals surface area (Å²) in [5, 5.41) is 0. The first-order chi connectivity index (χ1) is 16.8. The number of nitrogens with zero attached hydrogens (tertiary/aromatic N) is 1. The molecule has 35 heavy (non-hydrogen) atoms. The number of unbranched alkanes of at least 4 members (excludes halogenated alkanes) is 1. The number of fused-ring (bicyclic) bond motifs is 2. The minimum atomic E-state index is -1.07. The highest BCUT2D eigenvalue weighted by atomic mass is 16.6. The van der Waals surface area contributed by atoms with Gasteiger partial charge in [-0.2, -0.15) is 0 Å². The highest BCUT2D eigenvalue weighted by Crippen LogP contribution is 2.59. The van der Waals surface area contributed by atoms with E-state index in [-0.39, 0.29) is 18.1 Å². The fourth-order valence-corrected chi connectivity index (χ4v) is 5.58. The monoisotopic (exact) mass is 477 g/mol. The second-order valence-corrected chi connectivity index (χ2v) is 10.6. The lowest BCUT2D eigenvalue weighted by molar-refractivity contribution is -0.143. The summed E-state index contributed by atoms with van der Waals surface area (Å²) < 4.78 is 25.0. The summed E-state index contributed by atoms with van der Waals surface area (Å²) in [5.74, 6) is 2.34. The number of carbonyl (C=O) groups is 1. The number of carbonyl (C=O) groups excluding carboxylic acids is 1. The molecule has 0 unspecified atom stereocenters. The molecule has 0 saturated carbocycles. The van der Waals surface area contributed by atoms with Crippen molar-refractivity contribution in [2.45, 2.75) is 70.8 Å². The van der Waals surface area contributed by atoms with Gasteiger partial charge in [0.1, 0.15) is 23.2 Å². The Hall–Kier alpha value is -3.15. The molecular formula is C29H35NO5. The Bertz CT molecular complexity index is 1150. The Kier molecular flexibility index (Phi) is 5.94. The predicted molar refractivity (Wildman–Crippen MR) is 134 cm³/mol. The Labute approximate surface area is 207 Å². The first kappa shape index (κ1) is 23.6. The van der Waals surface area contributed by atoms with Gasteiger partial charge in [0.15, 0.2) is 0 Å². The van der Waals surface area contributed by atoms with Crippen LogP contribution in [-0.2, 0) is 15.2 Å². The SMILES string of the molecule is CCCCC1=Cc2cccc3c2[C@@H](O1)[C@H]1CCN(C(=O)OC(C)(C)C)[C@@]1(c1cccc(OC)c1)O3. The summed E-state index contributed by atoms with van der Waals surface area (Å²) in [6.45, 7) is 8.35. The first-order valence-electron chi connectivity index (χ1n) is 12.6. The molecule has 6 nitrogen and oxygen atoms in total. The molecule has 1 fully saturated rings. The number of likely N-dealkylation sites (tertiary alicyclic amines) is 1. The minimum absolute atomic E-state index is 0.110. The van der Waals surface area contributed by atoms with Crippen LogP contribution in [0.3, 0.4) is 0 Å². The molecule has 3 aliphatic rings. The van der Waals surface area contributed by atoms with Crippen molar-refractivity contribution in [1.29, 1.82) is 0 Å². The van der Waals surface area contributed by atoms with E-state index < -0.39 is 11.3 Å². The molecule has 0 bridgehead atoms. The Balaban J connectivity index is 1.66. The van der Waals surface area contributed by atoms with Crippen LogP contribution in [0.25, 0.3) is 6.08 Å². The fraction of sp³-hybridized carbons (Fsp3) is 0.483. The third-order valence-electron chi connectivity index (χ3n) is 7.05. The highest BCUT2D eigenvalue weighted by molar-refractivity contribution is 5.71. The maximum atomic E-state index is 13.6. The number of methoxy groups -OCH3 is 1. The van der Waals surface area contributed by atoms with E-state index in [0.29, 0.717) is 12.3 Å². The summed E-state index contributed by atoms with van der Waals surface area (Å²) in [6.07, 6.45) is 5.34. The molecule has 186 valence electrons. The number of allylic oxidation sites excluding steroid dienone is 1. The lowest BCUT2D eigenvalue weighted by Crippen LogP contribution is -2.56. The number of amides is 1. The molecule has 0 aromatic heterocycles. The highest BCUT2D eigenvalue weighted by Gasteiger charge is 2.62. The van der Waals surface area contributed by atoms with Crippen molar-refractivity contribution < 1.29 is 23.7 Å². The zero-order valence-electron chi connectivity index (χ0n) is 21.3. The molecule has 1 saturated heterocycles. The molecule has 0 N–H and O–H groups in total. The maximum absolute atomic E-state index is 13.6. The third-order valence-corrected chi connectivity index (χ3v) is 7.05. The lowest BCUT2D eigenvalue weighted by Gasteiger charge is -2.49. The molecule has 2 aromatic rings. The van der Waals surface area contributed by atoms with E-state index in [0.717, 1.165) is 53.9 Å². The van der Waals surface area contributed by atoms with Crippen LogP contribution in [0, 0.1) is 5.92 Å². The van der Waals surface area contributed by atoms with Gasteiger partial charge in [-0.15, -0.1) is 0 Å². The number of ether oxygens (including phenoxy) is 4. The molecule has 0 aliphatic carbocycles. The lowest BCUT2D eigenvalue weighted by atomic mass is 9.77. The van der Waals surface area contributed by atoms with Crippen LogP contribution in [0.15, 0.2) is 48.2 Å². The second kappa shape index (κ2) is 8.81. The molecule has 0 spiro atoms. The summed E-state index contributed by atoms with van der Waals surface area (Å²) in [6, 6.07) is 13.9. The summed E-state index contributed by atoms with van der Waals surface area (Å²) >= 11 is 0. The molecule has 5 rings (SSSR count). The van der Waals surface area contributed by atoms with E-state index in [2.05, 4.69) is 19.1 Å². The first-order valence-corrected chi connectivity index (χ1v) is 12.6. The van der Waals surface area contributed by atoms with Gasteiger partial charge in [0, 0.05) is 24.1 Å². The Morgan fingerprint density at radius 1 is 1.20 bits per heavy atom. The summed E-state index contributed by atoms with van der Waals surface area (Å²) in [5.41, 5.74) is 1.37. The van der Waals surface area contributed by atoms with Gasteiger partial charge in [-0.1, -0.05) is 37.6 Å². The van der Waals surface area contributed by atoms with E-state index in [1.54, 1.807) is 12.0 Å². The molecule has 3 aliphatic heterocycles. The number of hydrogen-bond acceptors (Lipinski definition) is 5. The zero-order chi connectivity index (χ0) is 24.8. The van der Waals surface area contributed by atoms with Crippen LogP contribution in [-0.4, -0.2) is 30.2 Å². The smallest absolute Gasteiger partial charge is 0.413 e. The topological polar surface area (TPSA) is 57.2 Å². The van der Waals surface area contributed by atoms with Gasteiger partial charge >= 0.3 is 6.09 Å². The van der Waals surface area contributed by atoms with Crippen molar-refractivity contribution in [3.8, 4) is 11.5 Å². The molecule has 1 amide bonds. The predicted octanol–water partition coefficient (Wildman–Crippen LogP) is 6.80. The second-order valence-electron chi connectivity index (χ2n) is 10.6. The zero-order valence-corrected chi connectivity index (χ0v) is 21.3. The molecule has 2 aromatic carbocycles. The minimum Gasteiger partial charge on any atom is -0.497 e. The Morgan fingerprint density at radius 2 is 2.00 bits per heavy atom. The van der Waals surface area contributed by atoms with E-state index in [4.69, 9.17) is 18.9 Å². The van der Waals surface area contributed by atoms with Crippen molar-refractivity contribution in [2.24, 2.45) is 5.92 Å². The Morgan fingerprint density at radius 3 is 2.74 bits per heavy atom. The van der Waals surface area contributed by atoms with E-state index in [1.807, 2.05) is 57.2 Å². The number of benzene rings is 2. The largest absolute Gasteiger partial charge is 0.497 e. The number of rotatable bonds is 5. The van der Waals surface area contributed by atoms with Gasteiger partial charge in [0.2, 0.25) is 5.72 Å². The van der Waals surface area contributed by atoms with Crippen LogP contribution < -0.4 is 9.47 Å². The standard InChI is InChI=1S/C29H35NO5/c1-6-7-12-22-17-19-10-8-14-24-25(19)26(33-22)23-15-16-30(27(31)35-28(2,3)4)29(23,34-24)20-11-9-13-21(18-20)32-5/h8-11,13-14,17-18,23,26H,6-7,12,15-16H2,1-5H3/t23-,26+,29+/m1/s1. The molecule has 6 heteroatoms. The fourth-order valence-electron chi connectivity index (χ4n) is 5.58. The van der Waals surface area contributed by atoms with Crippen molar-refractivity contribution in [3.05, 3.63) is 64.9 Å². The van der Waals surface area contributed by atoms with Crippen molar-refractivity contribution in [3.63, 3.8) is 0 Å². The molecule has 3 atom stereocenters. The van der Waals surface area contributed by atoms with Gasteiger partial charge in [0.05, 0.1) is 18.8 Å². The molecule has 3 heterocycles. The molecular weight excluding hydrogens is 442 g/mol. The van der Waals surface area contributed by atoms with Crippen LogP contribution in [0.4, 0.5) is 4.79 Å². The number of hydrogen-bond donors (Lipinski definition) is 0. The van der Waals surface area contributed by atoms with Gasteiger partial charge in [-0.25, -0.2) is 4.79 Å². The average Bonchev–Trinajstić information content (AvgIpc) is 3.23. The van der Waals surface area contributed by atoms with Crippen molar-refractivity contribution in [1.82, 2.24) is 4.90 Å². The molecule has 0 radical (unpaired) electrons. The van der Waals surface area contributed by atoms with Crippen molar-refractivity contribution >= 4 is 12.2 Å². The van der Waals surface area contributed by atoms with Crippen LogP contribution in [0.2, 0.25) is 0 Å². The van der Waals surface area contributed by atoms with E-state index in [9.17, 15) is 4.79 Å². The van der Waals surface area contributed by atoms with Gasteiger partial charge in [-0.05, 0) is 63.5 Å². The van der Waals surface area contributed by atoms with E-state index in [1.165, 1.54) is 0 Å². The van der Waals surface area contributed by atoms with Gasteiger partial charge < -0.3 is 18.9 Å². The summed E-state index contributed by atoms with van der Waals surface area (Å²) in [4.78, 5) is 15.3. The van der Waals surface area contributed by atoms with Crippen LogP contribution in [0.1, 0.15) is 76.2 Å². The third kappa shape index (κ3) is 4.03. The normalized spacial score (nSPS) is 24.5. The van der Waals surface area contributed by atoms with Crippen molar-refractivity contribution in [2.75, 3.05) is 13.7 Å². The van der Waals surface area contributed by atoms with E-state index >= 15 is 0 Å². The van der Waals surface area contributed by atoms with Gasteiger partial charge in [0.25, 0.3) is 0 Å². The maximum Gasteiger partial charge on any atom is 0.413 e. The van der Waals surface area contributed by atoms with Crippen LogP contribution >= 0.6 is 0 Å². The van der Waals surface area contributed by atoms with Crippen LogP contribution in [0.5, 0.6) is 11.5 Å².